The minimum atomic E-state index is -3.12. The van der Waals surface area contributed by atoms with Crippen molar-refractivity contribution in [3.63, 3.8) is 0 Å². The lowest BCUT2D eigenvalue weighted by molar-refractivity contribution is 0.480. The highest BCUT2D eigenvalue weighted by Crippen LogP contribution is 2.17. The van der Waals surface area contributed by atoms with Gasteiger partial charge in [0.25, 0.3) is 0 Å². The number of piperidine rings is 1. The normalized spacial score (nSPS) is 21.1. The summed E-state index contributed by atoms with van der Waals surface area (Å²) < 4.78 is 22.9. The fourth-order valence-electron chi connectivity index (χ4n) is 2.03. The average Bonchev–Trinajstić information content (AvgIpc) is 2.29. The Kier molecular flexibility index (Phi) is 3.69. The number of nitrogens with one attached hydrogen (secondary N) is 2. The Bertz CT molecular complexity index is 479. The zero-order valence-corrected chi connectivity index (χ0v) is 10.8. The standard InChI is InChI=1S/C12H18N2O2S/c1-17(15,16)12-6-2-4-10(8-12)14-11-5-3-7-13-9-11/h2,4,6,8,11,13-14H,3,5,7,9H2,1H3. The van der Waals surface area contributed by atoms with E-state index in [1.165, 1.54) is 6.26 Å². The Morgan fingerprint density at radius 3 is 2.88 bits per heavy atom. The number of anilines is 1. The van der Waals surface area contributed by atoms with E-state index in [2.05, 4.69) is 10.6 Å². The van der Waals surface area contributed by atoms with Crippen LogP contribution in [0.5, 0.6) is 0 Å². The van der Waals surface area contributed by atoms with Crippen molar-refractivity contribution in [2.24, 2.45) is 0 Å². The molecule has 0 radical (unpaired) electrons. The third kappa shape index (κ3) is 3.44. The second kappa shape index (κ2) is 5.06. The molecule has 1 unspecified atom stereocenters. The first-order chi connectivity index (χ1) is 8.05. The predicted molar refractivity (Wildman–Crippen MR) is 69.1 cm³/mol. The van der Waals surface area contributed by atoms with E-state index in [1.807, 2.05) is 6.07 Å². The first kappa shape index (κ1) is 12.4. The molecule has 5 heteroatoms. The molecule has 1 atom stereocenters. The maximum absolute atomic E-state index is 11.4. The van der Waals surface area contributed by atoms with Crippen LogP contribution in [0, 0.1) is 0 Å². The lowest BCUT2D eigenvalue weighted by atomic mass is 10.1. The highest BCUT2D eigenvalue weighted by atomic mass is 32.2. The van der Waals surface area contributed by atoms with E-state index in [4.69, 9.17) is 0 Å². The molecule has 0 aromatic heterocycles. The Morgan fingerprint density at radius 1 is 1.41 bits per heavy atom. The van der Waals surface area contributed by atoms with E-state index in [9.17, 15) is 8.42 Å². The van der Waals surface area contributed by atoms with Crippen molar-refractivity contribution in [3.8, 4) is 0 Å². The molecule has 94 valence electrons. The number of rotatable bonds is 3. The Balaban J connectivity index is 2.11. The number of sulfone groups is 1. The van der Waals surface area contributed by atoms with Crippen LogP contribution in [0.2, 0.25) is 0 Å². The Hall–Kier alpha value is -1.07. The molecule has 2 rings (SSSR count). The largest absolute Gasteiger partial charge is 0.381 e. The maximum atomic E-state index is 11.4. The van der Waals surface area contributed by atoms with E-state index in [0.717, 1.165) is 31.6 Å². The van der Waals surface area contributed by atoms with Gasteiger partial charge in [-0.3, -0.25) is 0 Å². The van der Waals surface area contributed by atoms with Crippen molar-refractivity contribution >= 4 is 15.5 Å². The van der Waals surface area contributed by atoms with Crippen LogP contribution in [0.4, 0.5) is 5.69 Å². The molecule has 0 amide bonds. The smallest absolute Gasteiger partial charge is 0.175 e. The van der Waals surface area contributed by atoms with Crippen LogP contribution >= 0.6 is 0 Å². The van der Waals surface area contributed by atoms with Crippen molar-refractivity contribution in [2.45, 2.75) is 23.8 Å². The fourth-order valence-corrected chi connectivity index (χ4v) is 2.69. The molecule has 4 nitrogen and oxygen atoms in total. The molecule has 1 aliphatic heterocycles. The molecule has 0 saturated carbocycles. The summed E-state index contributed by atoms with van der Waals surface area (Å²) in [6, 6.07) is 7.39. The maximum Gasteiger partial charge on any atom is 0.175 e. The molecule has 2 N–H and O–H groups in total. The van der Waals surface area contributed by atoms with E-state index in [1.54, 1.807) is 18.2 Å². The van der Waals surface area contributed by atoms with Crippen LogP contribution in [0.15, 0.2) is 29.2 Å². The lowest BCUT2D eigenvalue weighted by Crippen LogP contribution is -2.38. The third-order valence-electron chi connectivity index (χ3n) is 2.93. The second-order valence-corrected chi connectivity index (χ2v) is 6.50. The third-order valence-corrected chi connectivity index (χ3v) is 4.04. The summed E-state index contributed by atoms with van der Waals surface area (Å²) in [6.45, 7) is 2.00. The first-order valence-corrected chi connectivity index (χ1v) is 7.72. The van der Waals surface area contributed by atoms with Gasteiger partial charge in [0.1, 0.15) is 0 Å². The summed E-state index contributed by atoms with van der Waals surface area (Å²) in [4.78, 5) is 0.367. The minimum Gasteiger partial charge on any atom is -0.381 e. The zero-order chi connectivity index (χ0) is 12.3. The molecule has 0 bridgehead atoms. The summed E-state index contributed by atoms with van der Waals surface area (Å²) in [7, 11) is -3.12. The summed E-state index contributed by atoms with van der Waals surface area (Å²) in [5.74, 6) is 0. The van der Waals surface area contributed by atoms with Crippen LogP contribution in [0.25, 0.3) is 0 Å². The minimum absolute atomic E-state index is 0.367. The summed E-state index contributed by atoms with van der Waals surface area (Å²) in [6.07, 6.45) is 3.51. The highest BCUT2D eigenvalue weighted by molar-refractivity contribution is 7.90. The average molecular weight is 254 g/mol. The SMILES string of the molecule is CS(=O)(=O)c1cccc(NC2CCCNC2)c1. The van der Waals surface area contributed by atoms with E-state index in [0.29, 0.717) is 10.9 Å². The van der Waals surface area contributed by atoms with Gasteiger partial charge in [0, 0.05) is 24.5 Å². The molecule has 0 aliphatic carbocycles. The van der Waals surface area contributed by atoms with Gasteiger partial charge < -0.3 is 10.6 Å². The van der Waals surface area contributed by atoms with E-state index in [-0.39, 0.29) is 0 Å². The van der Waals surface area contributed by atoms with Crippen molar-refractivity contribution in [3.05, 3.63) is 24.3 Å². The molecule has 1 aromatic carbocycles. The van der Waals surface area contributed by atoms with Gasteiger partial charge in [-0.25, -0.2) is 8.42 Å². The zero-order valence-electron chi connectivity index (χ0n) is 9.94. The van der Waals surface area contributed by atoms with Crippen LogP contribution < -0.4 is 10.6 Å². The fraction of sp³-hybridized carbons (Fsp3) is 0.500. The van der Waals surface area contributed by atoms with Crippen LogP contribution in [-0.4, -0.2) is 33.8 Å². The van der Waals surface area contributed by atoms with Gasteiger partial charge in [0.05, 0.1) is 4.90 Å². The van der Waals surface area contributed by atoms with Crippen LogP contribution in [0.1, 0.15) is 12.8 Å². The summed E-state index contributed by atoms with van der Waals surface area (Å²) >= 11 is 0. The summed E-state index contributed by atoms with van der Waals surface area (Å²) in [5, 5.41) is 6.69. The Labute approximate surface area is 102 Å². The molecular formula is C12H18N2O2S. The van der Waals surface area contributed by atoms with Gasteiger partial charge in [-0.15, -0.1) is 0 Å². The van der Waals surface area contributed by atoms with Crippen molar-refractivity contribution in [1.29, 1.82) is 0 Å². The van der Waals surface area contributed by atoms with Crippen LogP contribution in [0.3, 0.4) is 0 Å². The number of hydrogen-bond donors (Lipinski definition) is 2. The topological polar surface area (TPSA) is 58.2 Å². The highest BCUT2D eigenvalue weighted by Gasteiger charge is 2.13. The van der Waals surface area contributed by atoms with Crippen molar-refractivity contribution in [1.82, 2.24) is 5.32 Å². The number of hydrogen-bond acceptors (Lipinski definition) is 4. The van der Waals surface area contributed by atoms with E-state index < -0.39 is 9.84 Å². The van der Waals surface area contributed by atoms with Gasteiger partial charge in [0.2, 0.25) is 0 Å². The quantitative estimate of drug-likeness (QED) is 0.852. The molecule has 1 saturated heterocycles. The monoisotopic (exact) mass is 254 g/mol. The molecule has 1 aliphatic rings. The van der Waals surface area contributed by atoms with Gasteiger partial charge in [-0.2, -0.15) is 0 Å². The van der Waals surface area contributed by atoms with Crippen molar-refractivity contribution < 1.29 is 8.42 Å². The molecule has 1 fully saturated rings. The Morgan fingerprint density at radius 2 is 2.24 bits per heavy atom. The van der Waals surface area contributed by atoms with E-state index >= 15 is 0 Å². The van der Waals surface area contributed by atoms with Crippen LogP contribution in [-0.2, 0) is 9.84 Å². The van der Waals surface area contributed by atoms with Gasteiger partial charge >= 0.3 is 0 Å². The molecular weight excluding hydrogens is 236 g/mol. The molecule has 17 heavy (non-hydrogen) atoms. The lowest BCUT2D eigenvalue weighted by Gasteiger charge is -2.24. The van der Waals surface area contributed by atoms with Gasteiger partial charge in [0.15, 0.2) is 9.84 Å². The first-order valence-electron chi connectivity index (χ1n) is 5.83. The summed E-state index contributed by atoms with van der Waals surface area (Å²) in [5.41, 5.74) is 0.877. The second-order valence-electron chi connectivity index (χ2n) is 4.49. The molecule has 1 aromatic rings. The predicted octanol–water partition coefficient (Wildman–Crippen LogP) is 1.25. The van der Waals surface area contributed by atoms with Crippen molar-refractivity contribution in [2.75, 3.05) is 24.7 Å². The molecule has 1 heterocycles. The number of benzene rings is 1. The molecule has 0 spiro atoms. The van der Waals surface area contributed by atoms with Gasteiger partial charge in [-0.05, 0) is 37.6 Å². The van der Waals surface area contributed by atoms with Gasteiger partial charge in [-0.1, -0.05) is 6.07 Å².